The third kappa shape index (κ3) is 3.71. The minimum Gasteiger partial charge on any atom is -0.338 e. The van der Waals surface area contributed by atoms with E-state index in [4.69, 9.17) is 4.98 Å². The molecule has 3 aromatic heterocycles. The molecule has 1 saturated carbocycles. The maximum atomic E-state index is 16.0. The molecule has 0 bridgehead atoms. The second kappa shape index (κ2) is 8.26. The molecule has 2 unspecified atom stereocenters. The van der Waals surface area contributed by atoms with E-state index in [1.807, 2.05) is 28.8 Å². The Morgan fingerprint density at radius 1 is 1.15 bits per heavy atom. The number of nitrogens with zero attached hydrogens (tertiary/aromatic N) is 6. The van der Waals surface area contributed by atoms with Crippen molar-refractivity contribution in [1.82, 2.24) is 34.1 Å². The van der Waals surface area contributed by atoms with Crippen LogP contribution in [0.1, 0.15) is 35.7 Å². The lowest BCUT2D eigenvalue weighted by Gasteiger charge is -2.24. The average molecular weight is 524 g/mol. The first-order valence-electron chi connectivity index (χ1n) is 13.8. The summed E-state index contributed by atoms with van der Waals surface area (Å²) in [5.74, 6) is 0.788. The SMILES string of the molecule is CC1[C@@H]2NC2CN1C(=O)c1cc(F)c2c(c1)nc(-c1cc3ccccc3n1CC1CC1)n2Cc1cnn(C)c1. The molecule has 198 valence electrons. The van der Waals surface area contributed by atoms with E-state index >= 15 is 4.39 Å². The topological polar surface area (TPSA) is 82.8 Å². The summed E-state index contributed by atoms with van der Waals surface area (Å²) >= 11 is 0. The number of hydrogen-bond acceptors (Lipinski definition) is 4. The molecule has 9 heteroatoms. The summed E-state index contributed by atoms with van der Waals surface area (Å²) in [6.07, 6.45) is 6.20. The number of likely N-dealkylation sites (tertiary alicyclic amines) is 1. The Morgan fingerprint density at radius 3 is 2.74 bits per heavy atom. The van der Waals surface area contributed by atoms with Crippen molar-refractivity contribution in [1.29, 1.82) is 0 Å². The third-order valence-electron chi connectivity index (χ3n) is 8.72. The van der Waals surface area contributed by atoms with Crippen LogP contribution in [0, 0.1) is 11.7 Å². The van der Waals surface area contributed by atoms with Crippen LogP contribution in [0.15, 0.2) is 54.9 Å². The standard InChI is InChI=1S/C30H30FN7O/c1-17-27-24(33-27)16-36(17)30(39)21-9-22(31)28-23(10-21)34-29(38(28)15-19-12-32-35(2)13-19)26-11-20-5-3-4-6-25(20)37(26)14-18-7-8-18/h3-6,9-13,17-18,24,27,33H,7-8,14-16H2,1-2H3/t17?,24?,27-/m0/s1. The van der Waals surface area contributed by atoms with Crippen molar-refractivity contribution in [3.8, 4) is 11.5 Å². The van der Waals surface area contributed by atoms with E-state index in [0.29, 0.717) is 53.5 Å². The summed E-state index contributed by atoms with van der Waals surface area (Å²) < 4.78 is 22.1. The summed E-state index contributed by atoms with van der Waals surface area (Å²) in [7, 11) is 1.88. The van der Waals surface area contributed by atoms with Crippen LogP contribution in [0.3, 0.4) is 0 Å². The van der Waals surface area contributed by atoms with Crippen LogP contribution >= 0.6 is 0 Å². The van der Waals surface area contributed by atoms with Gasteiger partial charge in [-0.25, -0.2) is 9.37 Å². The van der Waals surface area contributed by atoms with E-state index in [-0.39, 0.29) is 11.9 Å². The molecule has 8 nitrogen and oxygen atoms in total. The van der Waals surface area contributed by atoms with Crippen LogP contribution in [-0.2, 0) is 20.1 Å². The maximum absolute atomic E-state index is 16.0. The van der Waals surface area contributed by atoms with Crippen molar-refractivity contribution >= 4 is 27.8 Å². The molecule has 1 aliphatic carbocycles. The first-order valence-corrected chi connectivity index (χ1v) is 13.8. The number of hydrogen-bond donors (Lipinski definition) is 1. The van der Waals surface area contributed by atoms with Crippen molar-refractivity contribution in [3.63, 3.8) is 0 Å². The molecule has 0 radical (unpaired) electrons. The lowest BCUT2D eigenvalue weighted by molar-refractivity contribution is 0.0727. The summed E-state index contributed by atoms with van der Waals surface area (Å²) in [5, 5.41) is 8.86. The second-order valence-corrected chi connectivity index (χ2v) is 11.5. The molecule has 1 amide bonds. The summed E-state index contributed by atoms with van der Waals surface area (Å²) in [4.78, 5) is 20.3. The molecule has 5 heterocycles. The van der Waals surface area contributed by atoms with Crippen molar-refractivity contribution in [2.45, 2.75) is 51.0 Å². The highest BCUT2D eigenvalue weighted by molar-refractivity contribution is 5.99. The summed E-state index contributed by atoms with van der Waals surface area (Å²) in [6.45, 7) is 4.05. The highest BCUT2D eigenvalue weighted by Crippen LogP contribution is 2.38. The molecular weight excluding hydrogens is 493 g/mol. The number of aryl methyl sites for hydroxylation is 1. The van der Waals surface area contributed by atoms with Gasteiger partial charge in [0.05, 0.1) is 24.0 Å². The number of imidazole rings is 1. The molecule has 5 aromatic rings. The number of nitrogens with one attached hydrogen (secondary N) is 1. The monoisotopic (exact) mass is 523 g/mol. The summed E-state index contributed by atoms with van der Waals surface area (Å²) in [5.41, 5.74) is 4.34. The zero-order chi connectivity index (χ0) is 26.4. The number of para-hydroxylation sites is 1. The highest BCUT2D eigenvalue weighted by atomic mass is 19.1. The Balaban J connectivity index is 1.30. The van der Waals surface area contributed by atoms with Gasteiger partial charge in [-0.2, -0.15) is 5.10 Å². The highest BCUT2D eigenvalue weighted by Gasteiger charge is 2.51. The summed E-state index contributed by atoms with van der Waals surface area (Å²) in [6, 6.07) is 14.5. The lowest BCUT2D eigenvalue weighted by Crippen LogP contribution is -2.40. The van der Waals surface area contributed by atoms with E-state index in [0.717, 1.165) is 28.7 Å². The number of carbonyl (C=O) groups is 1. The number of rotatable bonds is 6. The lowest BCUT2D eigenvalue weighted by atomic mass is 10.1. The first-order chi connectivity index (χ1) is 18.9. The molecule has 3 atom stereocenters. The van der Waals surface area contributed by atoms with E-state index in [1.165, 1.54) is 18.9 Å². The van der Waals surface area contributed by atoms with Crippen LogP contribution in [-0.4, -0.2) is 59.4 Å². The van der Waals surface area contributed by atoms with Crippen LogP contribution in [0.25, 0.3) is 33.5 Å². The fraction of sp³-hybridized carbons (Fsp3) is 0.367. The maximum Gasteiger partial charge on any atom is 0.254 e. The molecule has 2 saturated heterocycles. The van der Waals surface area contributed by atoms with Gasteiger partial charge in [-0.1, -0.05) is 18.2 Å². The largest absolute Gasteiger partial charge is 0.338 e. The predicted molar refractivity (Wildman–Crippen MR) is 147 cm³/mol. The molecule has 3 fully saturated rings. The van der Waals surface area contributed by atoms with Crippen molar-refractivity contribution < 1.29 is 9.18 Å². The van der Waals surface area contributed by atoms with Gasteiger partial charge in [-0.05, 0) is 49.9 Å². The number of piperazine rings is 1. The van der Waals surface area contributed by atoms with Crippen LogP contribution in [0.2, 0.25) is 0 Å². The molecule has 0 spiro atoms. The van der Waals surface area contributed by atoms with E-state index < -0.39 is 5.82 Å². The Bertz CT molecular complexity index is 1780. The van der Waals surface area contributed by atoms with Crippen molar-refractivity contribution in [2.75, 3.05) is 6.54 Å². The number of halogens is 1. The molecule has 1 N–H and O–H groups in total. The number of carbonyl (C=O) groups excluding carboxylic acids is 1. The van der Waals surface area contributed by atoms with Crippen molar-refractivity contribution in [3.05, 3.63) is 71.8 Å². The number of aromatic nitrogens is 5. The average Bonchev–Trinajstić information content (AvgIpc) is 3.75. The third-order valence-corrected chi connectivity index (χ3v) is 8.72. The molecule has 2 aromatic carbocycles. The molecule has 39 heavy (non-hydrogen) atoms. The van der Waals surface area contributed by atoms with Crippen molar-refractivity contribution in [2.24, 2.45) is 13.0 Å². The van der Waals surface area contributed by atoms with Gasteiger partial charge in [0.15, 0.2) is 5.82 Å². The quantitative estimate of drug-likeness (QED) is 0.339. The first kappa shape index (κ1) is 23.0. The smallest absolute Gasteiger partial charge is 0.254 e. The fourth-order valence-corrected chi connectivity index (χ4v) is 6.42. The Morgan fingerprint density at radius 2 is 2.00 bits per heavy atom. The molecule has 2 aliphatic heterocycles. The molecular formula is C30H30FN7O. The molecule has 8 rings (SSSR count). The van der Waals surface area contributed by atoms with E-state index in [9.17, 15) is 4.79 Å². The van der Waals surface area contributed by atoms with E-state index in [1.54, 1.807) is 16.9 Å². The van der Waals surface area contributed by atoms with Gasteiger partial charge in [0.25, 0.3) is 5.91 Å². The second-order valence-electron chi connectivity index (χ2n) is 11.5. The Labute approximate surface area is 225 Å². The molecule has 3 aliphatic rings. The normalized spacial score (nSPS) is 22.2. The van der Waals surface area contributed by atoms with Crippen LogP contribution in [0.4, 0.5) is 4.39 Å². The van der Waals surface area contributed by atoms with Gasteiger partial charge in [0.2, 0.25) is 0 Å². The zero-order valence-corrected chi connectivity index (χ0v) is 22.0. The number of amides is 1. The fourth-order valence-electron chi connectivity index (χ4n) is 6.42. The van der Waals surface area contributed by atoms with Gasteiger partial charge < -0.3 is 19.4 Å². The van der Waals surface area contributed by atoms with Crippen LogP contribution < -0.4 is 5.32 Å². The Kier molecular flexibility index (Phi) is 4.86. The van der Waals surface area contributed by atoms with Crippen LogP contribution in [0.5, 0.6) is 0 Å². The minimum atomic E-state index is -0.432. The number of fused-ring (bicyclic) bond motifs is 3. The van der Waals surface area contributed by atoms with Gasteiger partial charge in [0, 0.05) is 66.5 Å². The minimum absolute atomic E-state index is 0.0955. The van der Waals surface area contributed by atoms with Gasteiger partial charge in [0.1, 0.15) is 11.3 Å². The Hall–Kier alpha value is -3.98. The predicted octanol–water partition coefficient (Wildman–Crippen LogP) is 4.17. The van der Waals surface area contributed by atoms with Gasteiger partial charge in [-0.15, -0.1) is 0 Å². The number of benzene rings is 2. The van der Waals surface area contributed by atoms with Gasteiger partial charge in [-0.3, -0.25) is 9.48 Å². The van der Waals surface area contributed by atoms with Gasteiger partial charge >= 0.3 is 0 Å². The zero-order valence-electron chi connectivity index (χ0n) is 22.0. The van der Waals surface area contributed by atoms with E-state index in [2.05, 4.69) is 46.2 Å².